The van der Waals surface area contributed by atoms with Crippen LogP contribution in [0.25, 0.3) is 11.5 Å². The highest BCUT2D eigenvalue weighted by Gasteiger charge is 2.33. The fourth-order valence-electron chi connectivity index (χ4n) is 4.54. The number of hydrogen-bond donors (Lipinski definition) is 0. The van der Waals surface area contributed by atoms with Crippen LogP contribution in [-0.2, 0) is 6.42 Å². The Morgan fingerprint density at radius 1 is 1.20 bits per heavy atom. The van der Waals surface area contributed by atoms with Crippen molar-refractivity contribution in [2.75, 3.05) is 20.1 Å². The lowest BCUT2D eigenvalue weighted by molar-refractivity contribution is 0.177. The summed E-state index contributed by atoms with van der Waals surface area (Å²) >= 11 is 0. The Bertz CT molecular complexity index is 891. The molecule has 1 aromatic heterocycles. The van der Waals surface area contributed by atoms with E-state index >= 15 is 0 Å². The Hall–Kier alpha value is -2.45. The number of rotatable bonds is 8. The number of nitrogens with zero attached hydrogens (tertiary/aromatic N) is 4. The van der Waals surface area contributed by atoms with Crippen LogP contribution < -0.4 is 0 Å². The zero-order valence-electron chi connectivity index (χ0n) is 18.9. The highest BCUT2D eigenvalue weighted by molar-refractivity contribution is 5.52. The van der Waals surface area contributed by atoms with Crippen LogP contribution >= 0.6 is 0 Å². The Labute approximate surface area is 180 Å². The maximum absolute atomic E-state index is 8.86. The van der Waals surface area contributed by atoms with Gasteiger partial charge in [-0.05, 0) is 63.1 Å². The summed E-state index contributed by atoms with van der Waals surface area (Å²) in [5, 5.41) is 17.5. The number of allylic oxidation sites excluding steroid dienone is 1. The average molecular weight is 407 g/mol. The fraction of sp³-hybridized carbons (Fsp3) is 0.560. The van der Waals surface area contributed by atoms with E-state index in [0.29, 0.717) is 36.0 Å². The number of benzene rings is 1. The van der Waals surface area contributed by atoms with Gasteiger partial charge in [-0.25, -0.2) is 0 Å². The zero-order chi connectivity index (χ0) is 21.7. The van der Waals surface area contributed by atoms with Crippen LogP contribution in [0.1, 0.15) is 45.1 Å². The molecule has 0 spiro atoms. The predicted molar refractivity (Wildman–Crippen MR) is 120 cm³/mol. The van der Waals surface area contributed by atoms with Crippen LogP contribution in [0.5, 0.6) is 0 Å². The van der Waals surface area contributed by atoms with Crippen molar-refractivity contribution in [3.63, 3.8) is 0 Å². The molecule has 0 unspecified atom stereocenters. The SMILES string of the molecule is CC1=C[C@@H](CN(C)CCC#N)[C@H](C(C)C)C[C@@H]1Cc1nnc(-c2ccc(C)cc2)o1. The highest BCUT2D eigenvalue weighted by Crippen LogP contribution is 2.39. The van der Waals surface area contributed by atoms with Crippen LogP contribution in [-0.4, -0.2) is 35.2 Å². The molecule has 0 saturated carbocycles. The van der Waals surface area contributed by atoms with Crippen molar-refractivity contribution in [2.45, 2.75) is 47.0 Å². The second kappa shape index (κ2) is 10.0. The smallest absolute Gasteiger partial charge is 0.247 e. The number of nitriles is 1. The van der Waals surface area contributed by atoms with E-state index in [2.05, 4.69) is 74.1 Å². The molecule has 0 aliphatic heterocycles. The molecule has 0 N–H and O–H groups in total. The molecule has 5 heteroatoms. The van der Waals surface area contributed by atoms with Gasteiger partial charge in [0.2, 0.25) is 11.8 Å². The fourth-order valence-corrected chi connectivity index (χ4v) is 4.54. The zero-order valence-corrected chi connectivity index (χ0v) is 18.9. The van der Waals surface area contributed by atoms with Gasteiger partial charge in [0.05, 0.1) is 6.07 Å². The van der Waals surface area contributed by atoms with E-state index in [1.807, 2.05) is 12.1 Å². The van der Waals surface area contributed by atoms with Crippen LogP contribution in [0.2, 0.25) is 0 Å². The van der Waals surface area contributed by atoms with Crippen molar-refractivity contribution >= 4 is 0 Å². The number of aromatic nitrogens is 2. The average Bonchev–Trinajstić information content (AvgIpc) is 3.17. The molecule has 1 aromatic carbocycles. The molecule has 1 heterocycles. The highest BCUT2D eigenvalue weighted by atomic mass is 16.4. The van der Waals surface area contributed by atoms with Gasteiger partial charge in [-0.15, -0.1) is 10.2 Å². The van der Waals surface area contributed by atoms with Crippen molar-refractivity contribution in [3.05, 3.63) is 47.4 Å². The molecule has 3 atom stereocenters. The monoisotopic (exact) mass is 406 g/mol. The van der Waals surface area contributed by atoms with E-state index in [-0.39, 0.29) is 0 Å². The molecule has 5 nitrogen and oxygen atoms in total. The van der Waals surface area contributed by atoms with Gasteiger partial charge >= 0.3 is 0 Å². The molecule has 0 amide bonds. The summed E-state index contributed by atoms with van der Waals surface area (Å²) in [6.07, 6.45) is 4.97. The summed E-state index contributed by atoms with van der Waals surface area (Å²) in [5.41, 5.74) is 3.60. The Morgan fingerprint density at radius 2 is 1.93 bits per heavy atom. The van der Waals surface area contributed by atoms with E-state index in [9.17, 15) is 0 Å². The maximum Gasteiger partial charge on any atom is 0.247 e. The molecule has 160 valence electrons. The lowest BCUT2D eigenvalue weighted by Gasteiger charge is -2.38. The van der Waals surface area contributed by atoms with Crippen LogP contribution in [0, 0.1) is 41.9 Å². The Balaban J connectivity index is 1.70. The van der Waals surface area contributed by atoms with Crippen LogP contribution in [0.4, 0.5) is 0 Å². The topological polar surface area (TPSA) is 66.0 Å². The molecule has 0 bridgehead atoms. The van der Waals surface area contributed by atoms with Gasteiger partial charge in [0.15, 0.2) is 0 Å². The lowest BCUT2D eigenvalue weighted by atomic mass is 9.69. The third-order valence-electron chi connectivity index (χ3n) is 6.40. The quantitative estimate of drug-likeness (QED) is 0.557. The van der Waals surface area contributed by atoms with Crippen molar-refractivity contribution in [1.29, 1.82) is 5.26 Å². The van der Waals surface area contributed by atoms with Crippen molar-refractivity contribution in [2.24, 2.45) is 23.7 Å². The molecular weight excluding hydrogens is 372 g/mol. The first kappa shape index (κ1) is 22.2. The molecule has 2 aromatic rings. The summed E-state index contributed by atoms with van der Waals surface area (Å²) in [6, 6.07) is 10.4. The molecule has 1 aliphatic carbocycles. The second-order valence-electron chi connectivity index (χ2n) is 9.16. The van der Waals surface area contributed by atoms with Crippen LogP contribution in [0.15, 0.2) is 40.3 Å². The normalized spacial score (nSPS) is 21.7. The maximum atomic E-state index is 8.86. The number of hydrogen-bond acceptors (Lipinski definition) is 5. The summed E-state index contributed by atoms with van der Waals surface area (Å²) in [4.78, 5) is 2.29. The van der Waals surface area contributed by atoms with Gasteiger partial charge < -0.3 is 9.32 Å². The van der Waals surface area contributed by atoms with Crippen molar-refractivity contribution < 1.29 is 4.42 Å². The van der Waals surface area contributed by atoms with Gasteiger partial charge in [-0.1, -0.05) is 43.2 Å². The van der Waals surface area contributed by atoms with Gasteiger partial charge in [-0.3, -0.25) is 0 Å². The minimum absolute atomic E-state index is 0.435. The first-order valence-electron chi connectivity index (χ1n) is 11.0. The summed E-state index contributed by atoms with van der Waals surface area (Å²) in [5.74, 6) is 3.50. The largest absolute Gasteiger partial charge is 0.421 e. The number of aryl methyl sites for hydroxylation is 1. The molecule has 3 rings (SSSR count). The van der Waals surface area contributed by atoms with Crippen molar-refractivity contribution in [3.8, 4) is 17.5 Å². The molecule has 1 aliphatic rings. The minimum atomic E-state index is 0.435. The summed E-state index contributed by atoms with van der Waals surface area (Å²) < 4.78 is 6.00. The minimum Gasteiger partial charge on any atom is -0.421 e. The van der Waals surface area contributed by atoms with E-state index in [0.717, 1.165) is 37.4 Å². The van der Waals surface area contributed by atoms with Crippen molar-refractivity contribution in [1.82, 2.24) is 15.1 Å². The molecular formula is C25H34N4O. The third-order valence-corrected chi connectivity index (χ3v) is 6.40. The standard InChI is InChI=1S/C25H34N4O/c1-17(2)23-14-21(19(4)13-22(23)16-29(5)12-6-11-26)15-24-27-28-25(30-24)20-9-7-18(3)8-10-20/h7-10,13,17,21-23H,6,12,14-16H2,1-5H3/t21-,22+,23+/m1/s1. The molecule has 0 radical (unpaired) electrons. The Kier molecular flexibility index (Phi) is 7.44. The van der Waals surface area contributed by atoms with Crippen LogP contribution in [0.3, 0.4) is 0 Å². The second-order valence-corrected chi connectivity index (χ2v) is 9.16. The van der Waals surface area contributed by atoms with Gasteiger partial charge in [0, 0.05) is 31.5 Å². The summed E-state index contributed by atoms with van der Waals surface area (Å²) in [6.45, 7) is 10.8. The van der Waals surface area contributed by atoms with Gasteiger partial charge in [0.25, 0.3) is 0 Å². The Morgan fingerprint density at radius 3 is 2.60 bits per heavy atom. The van der Waals surface area contributed by atoms with Gasteiger partial charge in [-0.2, -0.15) is 5.26 Å². The summed E-state index contributed by atoms with van der Waals surface area (Å²) in [7, 11) is 2.12. The first-order valence-corrected chi connectivity index (χ1v) is 11.0. The predicted octanol–water partition coefficient (Wildman–Crippen LogP) is 5.29. The molecule has 0 fully saturated rings. The molecule has 30 heavy (non-hydrogen) atoms. The molecule has 0 saturated heterocycles. The van der Waals surface area contributed by atoms with Gasteiger partial charge in [0.1, 0.15) is 0 Å². The van der Waals surface area contributed by atoms with E-state index in [1.165, 1.54) is 11.1 Å². The van der Waals surface area contributed by atoms with E-state index in [4.69, 9.17) is 9.68 Å². The third kappa shape index (κ3) is 5.58. The lowest BCUT2D eigenvalue weighted by Crippen LogP contribution is -2.36. The van der Waals surface area contributed by atoms with E-state index in [1.54, 1.807) is 0 Å². The first-order chi connectivity index (χ1) is 14.4. The van der Waals surface area contributed by atoms with E-state index < -0.39 is 0 Å².